The lowest BCUT2D eigenvalue weighted by Crippen LogP contribution is -2.00. The maximum atomic E-state index is 11.1. The molecule has 3 N–H and O–H groups in total. The Labute approximate surface area is 189 Å². The SMILES string of the molecule is C=O.N#N.O.O=C(CBr)c1cccc([N+](=O)[O-])c1.O=[N+]([O-])c1cccc(-c2cnc[nH]2)c1. The fraction of sp³-hybridized carbons (Fsp3) is 0.0556. The maximum Gasteiger partial charge on any atom is 0.270 e. The number of nitrogens with one attached hydrogen (secondary N) is 1. The fourth-order valence-electron chi connectivity index (χ4n) is 2.07. The van der Waals surface area contributed by atoms with Gasteiger partial charge in [-0.2, -0.15) is 0 Å². The number of carbonyl (C=O) groups excluding carboxylic acids is 2. The van der Waals surface area contributed by atoms with E-state index in [4.69, 9.17) is 15.6 Å². The van der Waals surface area contributed by atoms with Crippen LogP contribution in [0.15, 0.2) is 61.1 Å². The van der Waals surface area contributed by atoms with Crippen molar-refractivity contribution >= 4 is 39.9 Å². The summed E-state index contributed by atoms with van der Waals surface area (Å²) in [5, 5.41) is 33.0. The molecular formula is C18H17BrN6O7. The number of nitro groups is 2. The molecule has 0 saturated heterocycles. The first kappa shape index (κ1) is 29.8. The summed E-state index contributed by atoms with van der Waals surface area (Å²) < 4.78 is 0. The maximum absolute atomic E-state index is 11.1. The monoisotopic (exact) mass is 508 g/mol. The zero-order chi connectivity index (χ0) is 23.8. The van der Waals surface area contributed by atoms with Crippen molar-refractivity contribution in [3.05, 3.63) is 86.8 Å². The quantitative estimate of drug-likeness (QED) is 0.175. The van der Waals surface area contributed by atoms with E-state index in [1.165, 1.54) is 36.7 Å². The van der Waals surface area contributed by atoms with Crippen LogP contribution in [0.25, 0.3) is 11.3 Å². The first-order valence-electron chi connectivity index (χ1n) is 7.98. The van der Waals surface area contributed by atoms with Crippen molar-refractivity contribution in [2.75, 3.05) is 5.33 Å². The molecule has 0 aliphatic carbocycles. The van der Waals surface area contributed by atoms with Gasteiger partial charge in [0.15, 0.2) is 5.78 Å². The molecule has 0 unspecified atom stereocenters. The Kier molecular flexibility index (Phi) is 15.3. The molecule has 0 aliphatic rings. The van der Waals surface area contributed by atoms with Crippen LogP contribution in [-0.4, -0.2) is 43.2 Å². The highest BCUT2D eigenvalue weighted by atomic mass is 79.9. The van der Waals surface area contributed by atoms with Crippen LogP contribution in [-0.2, 0) is 4.79 Å². The number of non-ortho nitro benzene ring substituents is 2. The van der Waals surface area contributed by atoms with Crippen molar-refractivity contribution in [1.82, 2.24) is 9.97 Å². The Bertz CT molecular complexity index is 1030. The molecule has 32 heavy (non-hydrogen) atoms. The van der Waals surface area contributed by atoms with E-state index in [9.17, 15) is 25.0 Å². The number of rotatable bonds is 5. The first-order valence-corrected chi connectivity index (χ1v) is 9.10. The molecule has 2 aromatic carbocycles. The Morgan fingerprint density at radius 3 is 2.03 bits per heavy atom. The lowest BCUT2D eigenvalue weighted by Gasteiger charge is -1.96. The predicted molar refractivity (Wildman–Crippen MR) is 116 cm³/mol. The highest BCUT2D eigenvalue weighted by Crippen LogP contribution is 2.21. The molecule has 168 valence electrons. The number of carbonyl (C=O) groups is 2. The molecule has 3 rings (SSSR count). The highest BCUT2D eigenvalue weighted by molar-refractivity contribution is 9.09. The molecule has 1 heterocycles. The lowest BCUT2D eigenvalue weighted by molar-refractivity contribution is -0.385. The van der Waals surface area contributed by atoms with Crippen molar-refractivity contribution in [1.29, 1.82) is 10.8 Å². The molecule has 0 fully saturated rings. The molecule has 0 atom stereocenters. The second-order valence-corrected chi connectivity index (χ2v) is 5.70. The molecule has 0 bridgehead atoms. The number of hydrogen-bond acceptors (Lipinski definition) is 9. The largest absolute Gasteiger partial charge is 0.412 e. The number of aromatic amines is 1. The number of Topliss-reactive ketones (excluding diaryl/α,β-unsaturated/α-hetero) is 1. The summed E-state index contributed by atoms with van der Waals surface area (Å²) in [6, 6.07) is 12.1. The molecule has 13 nitrogen and oxygen atoms in total. The van der Waals surface area contributed by atoms with Crippen LogP contribution in [0.4, 0.5) is 11.4 Å². The van der Waals surface area contributed by atoms with Gasteiger partial charge in [-0.05, 0) is 0 Å². The van der Waals surface area contributed by atoms with E-state index in [0.29, 0.717) is 5.56 Å². The van der Waals surface area contributed by atoms with E-state index < -0.39 is 9.85 Å². The molecule has 1 aromatic heterocycles. The number of benzene rings is 2. The van der Waals surface area contributed by atoms with Gasteiger partial charge in [0.05, 0.1) is 33.4 Å². The molecule has 0 aliphatic heterocycles. The van der Waals surface area contributed by atoms with Crippen LogP contribution in [0.2, 0.25) is 0 Å². The van der Waals surface area contributed by atoms with Gasteiger partial charge in [0.25, 0.3) is 11.4 Å². The molecule has 3 aromatic rings. The Hall–Kier alpha value is -4.35. The van der Waals surface area contributed by atoms with E-state index >= 15 is 0 Å². The number of halogens is 1. The summed E-state index contributed by atoms with van der Waals surface area (Å²) in [6.45, 7) is 2.00. The van der Waals surface area contributed by atoms with Gasteiger partial charge >= 0.3 is 0 Å². The summed E-state index contributed by atoms with van der Waals surface area (Å²) in [7, 11) is 0. The molecule has 0 amide bonds. The fourth-order valence-corrected chi connectivity index (χ4v) is 2.39. The van der Waals surface area contributed by atoms with Gasteiger partial charge in [0, 0.05) is 46.2 Å². The minimum Gasteiger partial charge on any atom is -0.412 e. The van der Waals surface area contributed by atoms with Crippen LogP contribution in [0.1, 0.15) is 10.4 Å². The predicted octanol–water partition coefficient (Wildman–Crippen LogP) is 3.18. The number of nitro benzene ring substituents is 2. The summed E-state index contributed by atoms with van der Waals surface area (Å²) in [4.78, 5) is 45.8. The van der Waals surface area contributed by atoms with Gasteiger partial charge in [-0.25, -0.2) is 4.98 Å². The third-order valence-corrected chi connectivity index (χ3v) is 3.88. The average molecular weight is 509 g/mol. The van der Waals surface area contributed by atoms with E-state index in [0.717, 1.165) is 11.3 Å². The molecule has 14 heteroatoms. The van der Waals surface area contributed by atoms with Crippen LogP contribution >= 0.6 is 15.9 Å². The van der Waals surface area contributed by atoms with Gasteiger partial charge in [0.2, 0.25) is 0 Å². The first-order chi connectivity index (χ1) is 14.9. The number of hydrogen-bond donors (Lipinski definition) is 1. The second kappa shape index (κ2) is 16.4. The standard InChI is InChI=1S/C9H7N3O2.C8H6BrNO3.CH2O.N2.H2O/c13-12(14)8-3-1-2-7(4-8)9-5-10-6-11-9;9-5-8(11)6-2-1-3-7(4-6)10(12)13;2*1-2;/h1-6H,(H,10,11);1-4H,5H2;1H2;;1H2. The number of imidazole rings is 1. The van der Waals surface area contributed by atoms with Crippen LogP contribution in [0.3, 0.4) is 0 Å². The molecule has 0 saturated carbocycles. The Balaban J connectivity index is 0. The Morgan fingerprint density at radius 2 is 1.56 bits per heavy atom. The zero-order valence-electron chi connectivity index (χ0n) is 16.3. The Morgan fingerprint density at radius 1 is 1.03 bits per heavy atom. The summed E-state index contributed by atoms with van der Waals surface area (Å²) >= 11 is 2.99. The average Bonchev–Trinajstić information content (AvgIpc) is 3.37. The van der Waals surface area contributed by atoms with Crippen molar-refractivity contribution in [3.8, 4) is 11.3 Å². The van der Waals surface area contributed by atoms with Gasteiger partial charge in [-0.3, -0.25) is 25.0 Å². The van der Waals surface area contributed by atoms with Crippen molar-refractivity contribution in [2.45, 2.75) is 0 Å². The van der Waals surface area contributed by atoms with Gasteiger partial charge < -0.3 is 15.3 Å². The lowest BCUT2D eigenvalue weighted by atomic mass is 10.1. The van der Waals surface area contributed by atoms with Crippen LogP contribution in [0, 0.1) is 31.0 Å². The van der Waals surface area contributed by atoms with E-state index in [1.54, 1.807) is 24.4 Å². The second-order valence-electron chi connectivity index (χ2n) is 5.14. The third-order valence-electron chi connectivity index (χ3n) is 3.37. The smallest absolute Gasteiger partial charge is 0.270 e. The van der Waals surface area contributed by atoms with Crippen molar-refractivity contribution in [2.24, 2.45) is 0 Å². The van der Waals surface area contributed by atoms with E-state index in [-0.39, 0.29) is 28.0 Å². The van der Waals surface area contributed by atoms with Gasteiger partial charge in [0.1, 0.15) is 6.79 Å². The van der Waals surface area contributed by atoms with E-state index in [2.05, 4.69) is 25.9 Å². The number of ketones is 1. The summed E-state index contributed by atoms with van der Waals surface area (Å²) in [5.41, 5.74) is 1.90. The topological polar surface area (TPSA) is 228 Å². The van der Waals surface area contributed by atoms with Crippen LogP contribution in [0.5, 0.6) is 0 Å². The molecule has 0 radical (unpaired) electrons. The molecular weight excluding hydrogens is 492 g/mol. The summed E-state index contributed by atoms with van der Waals surface area (Å²) in [5.74, 6) is -0.163. The molecule has 0 spiro atoms. The minimum atomic E-state index is -0.523. The minimum absolute atomic E-state index is 0. The third kappa shape index (κ3) is 9.43. The number of alkyl halides is 1. The zero-order valence-corrected chi connectivity index (χ0v) is 17.8. The number of nitrogens with zero attached hydrogens (tertiary/aromatic N) is 5. The number of H-pyrrole nitrogens is 1. The highest BCUT2D eigenvalue weighted by Gasteiger charge is 2.09. The van der Waals surface area contributed by atoms with Crippen molar-refractivity contribution < 1.29 is 24.9 Å². The van der Waals surface area contributed by atoms with Gasteiger partial charge in [-0.15, -0.1) is 0 Å². The van der Waals surface area contributed by atoms with E-state index in [1.807, 2.05) is 6.79 Å². The van der Waals surface area contributed by atoms with Crippen LogP contribution < -0.4 is 0 Å². The van der Waals surface area contributed by atoms with Crippen molar-refractivity contribution in [3.63, 3.8) is 0 Å². The van der Waals surface area contributed by atoms with Gasteiger partial charge in [-0.1, -0.05) is 40.2 Å². The normalized spacial score (nSPS) is 8.47. The summed E-state index contributed by atoms with van der Waals surface area (Å²) in [6.07, 6.45) is 3.16. The number of aromatic nitrogens is 2.